The van der Waals surface area contributed by atoms with E-state index < -0.39 is 48.9 Å². The first-order chi connectivity index (χ1) is 9.64. The van der Waals surface area contributed by atoms with Gasteiger partial charge in [-0.3, -0.25) is 9.69 Å². The van der Waals surface area contributed by atoms with Crippen LogP contribution in [0.5, 0.6) is 0 Å². The molecule has 0 aliphatic carbocycles. The van der Waals surface area contributed by atoms with Crippen molar-refractivity contribution in [3.05, 3.63) is 0 Å². The fourth-order valence-electron chi connectivity index (χ4n) is 2.99. The first kappa shape index (κ1) is 16.4. The van der Waals surface area contributed by atoms with E-state index in [1.807, 2.05) is 5.32 Å². The molecule has 0 spiro atoms. The topological polar surface area (TPSA) is 41.6 Å². The highest BCUT2D eigenvalue weighted by atomic mass is 19.4. The number of rotatable bonds is 2. The molecule has 2 heterocycles. The highest BCUT2D eigenvalue weighted by Crippen LogP contribution is 2.47. The average Bonchev–Trinajstić information content (AvgIpc) is 2.76. The van der Waals surface area contributed by atoms with E-state index in [0.29, 0.717) is 0 Å². The standard InChI is InChI=1S/C12H17F5N2O2/c1-18-9(20)10(12(15,16)17)2-4-19(5-3-10)8-6-21-7-11(8,13)14/h8H,2-7H2,1H3,(H,18,20). The molecule has 2 rings (SSSR count). The van der Waals surface area contributed by atoms with Crippen LogP contribution in [0, 0.1) is 5.41 Å². The van der Waals surface area contributed by atoms with Crippen LogP contribution in [0.2, 0.25) is 0 Å². The summed E-state index contributed by atoms with van der Waals surface area (Å²) in [4.78, 5) is 13.0. The maximum atomic E-state index is 13.6. The predicted octanol–water partition coefficient (Wildman–Crippen LogP) is 1.41. The fraction of sp³-hybridized carbons (Fsp3) is 0.917. The third kappa shape index (κ3) is 2.73. The van der Waals surface area contributed by atoms with Gasteiger partial charge in [0.05, 0.1) is 12.6 Å². The Morgan fingerprint density at radius 2 is 1.86 bits per heavy atom. The maximum absolute atomic E-state index is 13.6. The van der Waals surface area contributed by atoms with Crippen molar-refractivity contribution in [1.82, 2.24) is 10.2 Å². The maximum Gasteiger partial charge on any atom is 0.403 e. The van der Waals surface area contributed by atoms with Gasteiger partial charge in [-0.2, -0.15) is 13.2 Å². The number of amides is 1. The molecule has 2 fully saturated rings. The molecule has 1 unspecified atom stereocenters. The molecule has 1 atom stereocenters. The molecular formula is C12H17F5N2O2. The highest BCUT2D eigenvalue weighted by molar-refractivity contribution is 5.83. The first-order valence-corrected chi connectivity index (χ1v) is 6.62. The van der Waals surface area contributed by atoms with Crippen LogP contribution < -0.4 is 5.32 Å². The van der Waals surface area contributed by atoms with Crippen LogP contribution in [0.15, 0.2) is 0 Å². The zero-order valence-electron chi connectivity index (χ0n) is 11.5. The Morgan fingerprint density at radius 1 is 1.29 bits per heavy atom. The van der Waals surface area contributed by atoms with Gasteiger partial charge in [0.1, 0.15) is 12.0 Å². The van der Waals surface area contributed by atoms with E-state index in [0.717, 1.165) is 7.05 Å². The normalized spacial score (nSPS) is 29.3. The summed E-state index contributed by atoms with van der Waals surface area (Å²) in [5.41, 5.74) is -2.49. The predicted molar refractivity (Wildman–Crippen MR) is 62.9 cm³/mol. The van der Waals surface area contributed by atoms with E-state index in [9.17, 15) is 26.7 Å². The molecular weight excluding hydrogens is 299 g/mol. The van der Waals surface area contributed by atoms with Crippen LogP contribution >= 0.6 is 0 Å². The first-order valence-electron chi connectivity index (χ1n) is 6.62. The molecule has 0 bridgehead atoms. The van der Waals surface area contributed by atoms with Crippen molar-refractivity contribution < 1.29 is 31.5 Å². The Hall–Kier alpha value is -0.960. The van der Waals surface area contributed by atoms with E-state index in [2.05, 4.69) is 0 Å². The zero-order chi connectivity index (χ0) is 15.9. The van der Waals surface area contributed by atoms with E-state index in [1.54, 1.807) is 0 Å². The molecule has 0 saturated carbocycles. The Kier molecular flexibility index (Phi) is 4.18. The van der Waals surface area contributed by atoms with Crippen molar-refractivity contribution in [1.29, 1.82) is 0 Å². The van der Waals surface area contributed by atoms with Crippen LogP contribution in [0.25, 0.3) is 0 Å². The number of hydrogen-bond acceptors (Lipinski definition) is 3. The van der Waals surface area contributed by atoms with Crippen molar-refractivity contribution in [2.75, 3.05) is 33.4 Å². The molecule has 9 heteroatoms. The lowest BCUT2D eigenvalue weighted by Gasteiger charge is -2.43. The number of ether oxygens (including phenoxy) is 1. The minimum absolute atomic E-state index is 0.202. The third-order valence-corrected chi connectivity index (χ3v) is 4.35. The Morgan fingerprint density at radius 3 is 2.24 bits per heavy atom. The number of hydrogen-bond donors (Lipinski definition) is 1. The second kappa shape index (κ2) is 5.35. The van der Waals surface area contributed by atoms with Gasteiger partial charge in [-0.25, -0.2) is 8.78 Å². The highest BCUT2D eigenvalue weighted by Gasteiger charge is 2.61. The smallest absolute Gasteiger partial charge is 0.373 e. The second-order valence-corrected chi connectivity index (χ2v) is 5.49. The van der Waals surface area contributed by atoms with Gasteiger partial charge in [0, 0.05) is 20.1 Å². The van der Waals surface area contributed by atoms with Gasteiger partial charge in [0.2, 0.25) is 5.91 Å². The molecule has 0 radical (unpaired) electrons. The number of nitrogens with zero attached hydrogens (tertiary/aromatic N) is 1. The molecule has 4 nitrogen and oxygen atoms in total. The Balaban J connectivity index is 2.12. The number of alkyl halides is 5. The Labute approximate surface area is 118 Å². The van der Waals surface area contributed by atoms with Gasteiger partial charge in [0.25, 0.3) is 5.92 Å². The van der Waals surface area contributed by atoms with Crippen LogP contribution in [0.3, 0.4) is 0 Å². The number of piperidine rings is 1. The molecule has 2 aliphatic rings. The van der Waals surface area contributed by atoms with Gasteiger partial charge < -0.3 is 10.1 Å². The third-order valence-electron chi connectivity index (χ3n) is 4.35. The summed E-state index contributed by atoms with van der Waals surface area (Å²) >= 11 is 0. The summed E-state index contributed by atoms with van der Waals surface area (Å²) in [6.07, 6.45) is -5.75. The monoisotopic (exact) mass is 316 g/mol. The molecule has 1 amide bonds. The van der Waals surface area contributed by atoms with Gasteiger partial charge in [-0.15, -0.1) is 0 Å². The molecule has 122 valence electrons. The van der Waals surface area contributed by atoms with Gasteiger partial charge in [-0.1, -0.05) is 0 Å². The minimum Gasteiger partial charge on any atom is -0.373 e. The summed E-state index contributed by atoms with van der Waals surface area (Å²) < 4.78 is 71.6. The molecule has 21 heavy (non-hydrogen) atoms. The largest absolute Gasteiger partial charge is 0.403 e. The SMILES string of the molecule is CNC(=O)C1(C(F)(F)F)CCN(C2COCC2(F)F)CC1. The second-order valence-electron chi connectivity index (χ2n) is 5.49. The number of halogens is 5. The van der Waals surface area contributed by atoms with E-state index in [1.165, 1.54) is 4.90 Å². The summed E-state index contributed by atoms with van der Waals surface area (Å²) in [6.45, 7) is -1.34. The summed E-state index contributed by atoms with van der Waals surface area (Å²) in [7, 11) is 1.14. The van der Waals surface area contributed by atoms with Crippen molar-refractivity contribution in [2.45, 2.75) is 31.0 Å². The van der Waals surface area contributed by atoms with Crippen molar-refractivity contribution in [2.24, 2.45) is 5.41 Å². The summed E-state index contributed by atoms with van der Waals surface area (Å²) in [5.74, 6) is -4.17. The van der Waals surface area contributed by atoms with Gasteiger partial charge in [0.15, 0.2) is 0 Å². The number of carbonyl (C=O) groups excluding carboxylic acids is 1. The van der Waals surface area contributed by atoms with E-state index >= 15 is 0 Å². The lowest BCUT2D eigenvalue weighted by atomic mass is 9.76. The number of carbonyl (C=O) groups is 1. The van der Waals surface area contributed by atoms with Crippen LogP contribution in [-0.4, -0.2) is 62.3 Å². The molecule has 0 aromatic heterocycles. The summed E-state index contributed by atoms with van der Waals surface area (Å²) in [6, 6.07) is -1.21. The van der Waals surface area contributed by atoms with Gasteiger partial charge in [-0.05, 0) is 12.8 Å². The van der Waals surface area contributed by atoms with Gasteiger partial charge >= 0.3 is 6.18 Å². The summed E-state index contributed by atoms with van der Waals surface area (Å²) in [5, 5.41) is 2.03. The average molecular weight is 316 g/mol. The number of nitrogens with one attached hydrogen (secondary N) is 1. The molecule has 2 saturated heterocycles. The molecule has 1 N–H and O–H groups in total. The van der Waals surface area contributed by atoms with Crippen molar-refractivity contribution in [3.8, 4) is 0 Å². The minimum atomic E-state index is -4.70. The van der Waals surface area contributed by atoms with Crippen molar-refractivity contribution in [3.63, 3.8) is 0 Å². The Bertz CT molecular complexity index is 405. The van der Waals surface area contributed by atoms with E-state index in [4.69, 9.17) is 4.74 Å². The quantitative estimate of drug-likeness (QED) is 0.783. The number of likely N-dealkylation sites (tertiary alicyclic amines) is 1. The lowest BCUT2D eigenvalue weighted by Crippen LogP contribution is -2.59. The zero-order valence-corrected chi connectivity index (χ0v) is 11.5. The van der Waals surface area contributed by atoms with Crippen LogP contribution in [0.1, 0.15) is 12.8 Å². The van der Waals surface area contributed by atoms with Crippen molar-refractivity contribution >= 4 is 5.91 Å². The molecule has 2 aliphatic heterocycles. The molecule has 0 aromatic rings. The lowest BCUT2D eigenvalue weighted by molar-refractivity contribution is -0.235. The van der Waals surface area contributed by atoms with E-state index in [-0.39, 0.29) is 19.7 Å². The fourth-order valence-corrected chi connectivity index (χ4v) is 2.99. The van der Waals surface area contributed by atoms with Crippen LogP contribution in [-0.2, 0) is 9.53 Å². The molecule has 0 aromatic carbocycles. The van der Waals surface area contributed by atoms with Crippen LogP contribution in [0.4, 0.5) is 22.0 Å².